The van der Waals surface area contributed by atoms with Crippen LogP contribution in [0.5, 0.6) is 0 Å². The number of nitrogens with zero attached hydrogens (tertiary/aromatic N) is 1. The summed E-state index contributed by atoms with van der Waals surface area (Å²) in [5.74, 6) is -0.918. The quantitative estimate of drug-likeness (QED) is 0.766. The van der Waals surface area contributed by atoms with Crippen LogP contribution in [-0.2, 0) is 9.59 Å². The second-order valence-electron chi connectivity index (χ2n) is 6.01. The minimum atomic E-state index is -0.880. The highest BCUT2D eigenvalue weighted by Gasteiger charge is 2.43. The molecule has 0 aromatic rings. The number of carbonyl (C=O) groups excluding carboxylic acids is 1. The van der Waals surface area contributed by atoms with Gasteiger partial charge in [0.1, 0.15) is 6.04 Å². The Labute approximate surface area is 108 Å². The molecule has 102 valence electrons. The predicted molar refractivity (Wildman–Crippen MR) is 67.2 cm³/mol. The molecular weight excluding hydrogens is 232 g/mol. The highest BCUT2D eigenvalue weighted by atomic mass is 16.4. The van der Waals surface area contributed by atoms with E-state index in [0.717, 1.165) is 25.8 Å². The van der Waals surface area contributed by atoms with Crippen molar-refractivity contribution in [1.82, 2.24) is 10.2 Å². The lowest BCUT2D eigenvalue weighted by Gasteiger charge is -2.40. The summed E-state index contributed by atoms with van der Waals surface area (Å²) in [7, 11) is 0. The van der Waals surface area contributed by atoms with Gasteiger partial charge in [0.2, 0.25) is 5.91 Å². The maximum absolute atomic E-state index is 12.5. The fraction of sp³-hybridized carbons (Fsp3) is 0.846. The van der Waals surface area contributed by atoms with Crippen molar-refractivity contribution in [3.8, 4) is 0 Å². The highest BCUT2D eigenvalue weighted by Crippen LogP contribution is 2.32. The number of hydrogen-bond donors (Lipinski definition) is 2. The number of nitrogens with one attached hydrogen (secondary N) is 1. The standard InChI is InChI=1S/C13H22N2O3/c1-13(2)6-4-7-14-10(13)11(16)15-8-3-5-9(15)12(17)18/h9-10,14H,3-8H2,1-2H3,(H,17,18). The largest absolute Gasteiger partial charge is 0.480 e. The molecule has 2 unspecified atom stereocenters. The van der Waals surface area contributed by atoms with Crippen molar-refractivity contribution >= 4 is 11.9 Å². The van der Waals surface area contributed by atoms with Gasteiger partial charge in [0.25, 0.3) is 0 Å². The van der Waals surface area contributed by atoms with Gasteiger partial charge in [0.15, 0.2) is 0 Å². The van der Waals surface area contributed by atoms with E-state index in [1.807, 2.05) is 0 Å². The van der Waals surface area contributed by atoms with Gasteiger partial charge in [-0.1, -0.05) is 13.8 Å². The summed E-state index contributed by atoms with van der Waals surface area (Å²) in [5.41, 5.74) is -0.0963. The first-order chi connectivity index (χ1) is 8.43. The van der Waals surface area contributed by atoms with Crippen molar-refractivity contribution in [3.63, 3.8) is 0 Å². The van der Waals surface area contributed by atoms with Gasteiger partial charge in [0, 0.05) is 6.54 Å². The summed E-state index contributed by atoms with van der Waals surface area (Å²) in [6.07, 6.45) is 3.44. The molecule has 0 spiro atoms. The molecule has 0 aromatic carbocycles. The molecule has 2 saturated heterocycles. The number of amides is 1. The molecule has 0 saturated carbocycles. The summed E-state index contributed by atoms with van der Waals surface area (Å²) in [5, 5.41) is 12.4. The molecule has 0 aromatic heterocycles. The second kappa shape index (κ2) is 4.88. The molecule has 0 bridgehead atoms. The number of aliphatic carboxylic acids is 1. The number of carbonyl (C=O) groups is 2. The molecular formula is C13H22N2O3. The van der Waals surface area contributed by atoms with Gasteiger partial charge in [-0.05, 0) is 37.6 Å². The van der Waals surface area contributed by atoms with Gasteiger partial charge >= 0.3 is 5.97 Å². The van der Waals surface area contributed by atoms with Crippen LogP contribution in [0.3, 0.4) is 0 Å². The van der Waals surface area contributed by atoms with Crippen LogP contribution in [0.2, 0.25) is 0 Å². The molecule has 0 radical (unpaired) electrons. The average Bonchev–Trinajstić information content (AvgIpc) is 2.76. The molecule has 18 heavy (non-hydrogen) atoms. The van der Waals surface area contributed by atoms with Crippen molar-refractivity contribution in [2.45, 2.75) is 51.6 Å². The fourth-order valence-electron chi connectivity index (χ4n) is 3.09. The Morgan fingerprint density at radius 3 is 2.67 bits per heavy atom. The Kier molecular flexibility index (Phi) is 3.61. The first-order valence-corrected chi connectivity index (χ1v) is 6.70. The summed E-state index contributed by atoms with van der Waals surface area (Å²) in [4.78, 5) is 25.2. The zero-order valence-corrected chi connectivity index (χ0v) is 11.1. The molecule has 2 N–H and O–H groups in total. The van der Waals surface area contributed by atoms with Crippen molar-refractivity contribution in [2.75, 3.05) is 13.1 Å². The van der Waals surface area contributed by atoms with Crippen LogP contribution >= 0.6 is 0 Å². The van der Waals surface area contributed by atoms with Crippen LogP contribution in [-0.4, -0.2) is 47.1 Å². The van der Waals surface area contributed by atoms with Crippen molar-refractivity contribution < 1.29 is 14.7 Å². The van der Waals surface area contributed by atoms with E-state index in [0.29, 0.717) is 13.0 Å². The zero-order chi connectivity index (χ0) is 13.3. The first kappa shape index (κ1) is 13.3. The first-order valence-electron chi connectivity index (χ1n) is 6.70. The minimum absolute atomic E-state index is 0.0374. The number of likely N-dealkylation sites (tertiary alicyclic amines) is 1. The Morgan fingerprint density at radius 1 is 1.33 bits per heavy atom. The molecule has 2 atom stereocenters. The molecule has 5 nitrogen and oxygen atoms in total. The van der Waals surface area contributed by atoms with E-state index in [-0.39, 0.29) is 17.4 Å². The van der Waals surface area contributed by atoms with Gasteiger partial charge < -0.3 is 15.3 Å². The third kappa shape index (κ3) is 2.36. The molecule has 0 aliphatic carbocycles. The normalized spacial score (nSPS) is 31.3. The summed E-state index contributed by atoms with van der Waals surface area (Å²) in [6.45, 7) is 5.57. The predicted octanol–water partition coefficient (Wildman–Crippen LogP) is 0.840. The Balaban J connectivity index is 2.12. The molecule has 2 aliphatic rings. The number of piperidine rings is 1. The Morgan fingerprint density at radius 2 is 2.06 bits per heavy atom. The lowest BCUT2D eigenvalue weighted by molar-refractivity contribution is -0.150. The molecule has 2 heterocycles. The summed E-state index contributed by atoms with van der Waals surface area (Å²) >= 11 is 0. The maximum Gasteiger partial charge on any atom is 0.326 e. The zero-order valence-electron chi connectivity index (χ0n) is 11.1. The molecule has 1 amide bonds. The van der Waals surface area contributed by atoms with Crippen LogP contribution in [0, 0.1) is 5.41 Å². The monoisotopic (exact) mass is 254 g/mol. The molecule has 2 rings (SSSR count). The lowest BCUT2D eigenvalue weighted by atomic mass is 9.77. The van der Waals surface area contributed by atoms with E-state index in [9.17, 15) is 9.59 Å². The molecule has 5 heteroatoms. The van der Waals surface area contributed by atoms with E-state index in [1.54, 1.807) is 4.90 Å². The van der Waals surface area contributed by atoms with Crippen LogP contribution in [0.1, 0.15) is 39.5 Å². The third-order valence-electron chi connectivity index (χ3n) is 4.20. The van der Waals surface area contributed by atoms with E-state index in [1.165, 1.54) is 0 Å². The smallest absolute Gasteiger partial charge is 0.326 e. The second-order valence-corrected chi connectivity index (χ2v) is 6.01. The lowest BCUT2D eigenvalue weighted by Crippen LogP contribution is -2.58. The SMILES string of the molecule is CC1(C)CCCNC1C(=O)N1CCCC1C(=O)O. The molecule has 2 aliphatic heterocycles. The van der Waals surface area contributed by atoms with Crippen molar-refractivity contribution in [3.05, 3.63) is 0 Å². The minimum Gasteiger partial charge on any atom is -0.480 e. The van der Waals surface area contributed by atoms with E-state index < -0.39 is 12.0 Å². The van der Waals surface area contributed by atoms with Gasteiger partial charge in [-0.25, -0.2) is 4.79 Å². The number of carboxylic acids is 1. The highest BCUT2D eigenvalue weighted by molar-refractivity contribution is 5.88. The van der Waals surface area contributed by atoms with Gasteiger partial charge in [-0.3, -0.25) is 4.79 Å². The van der Waals surface area contributed by atoms with Gasteiger partial charge in [-0.15, -0.1) is 0 Å². The van der Waals surface area contributed by atoms with E-state index in [2.05, 4.69) is 19.2 Å². The Hall–Kier alpha value is -1.10. The number of carboxylic acid groups (broad SMARTS) is 1. The average molecular weight is 254 g/mol. The third-order valence-corrected chi connectivity index (χ3v) is 4.20. The van der Waals surface area contributed by atoms with Crippen molar-refractivity contribution in [2.24, 2.45) is 5.41 Å². The maximum atomic E-state index is 12.5. The summed E-state index contributed by atoms with van der Waals surface area (Å²) < 4.78 is 0. The van der Waals surface area contributed by atoms with Crippen LogP contribution in [0.4, 0.5) is 0 Å². The van der Waals surface area contributed by atoms with E-state index >= 15 is 0 Å². The topological polar surface area (TPSA) is 69.6 Å². The van der Waals surface area contributed by atoms with Gasteiger partial charge in [0.05, 0.1) is 6.04 Å². The van der Waals surface area contributed by atoms with E-state index in [4.69, 9.17) is 5.11 Å². The number of hydrogen-bond acceptors (Lipinski definition) is 3. The molecule has 2 fully saturated rings. The van der Waals surface area contributed by atoms with Crippen LogP contribution < -0.4 is 5.32 Å². The van der Waals surface area contributed by atoms with Gasteiger partial charge in [-0.2, -0.15) is 0 Å². The fourth-order valence-corrected chi connectivity index (χ4v) is 3.09. The van der Waals surface area contributed by atoms with Crippen molar-refractivity contribution in [1.29, 1.82) is 0 Å². The Bertz CT molecular complexity index is 354. The van der Waals surface area contributed by atoms with Crippen LogP contribution in [0.25, 0.3) is 0 Å². The number of rotatable bonds is 2. The van der Waals surface area contributed by atoms with Crippen LogP contribution in [0.15, 0.2) is 0 Å². The summed E-state index contributed by atoms with van der Waals surface area (Å²) in [6, 6.07) is -0.872.